The van der Waals surface area contributed by atoms with Crippen molar-refractivity contribution in [3.63, 3.8) is 0 Å². The van der Waals surface area contributed by atoms with Crippen molar-refractivity contribution < 1.29 is 4.39 Å². The van der Waals surface area contributed by atoms with Gasteiger partial charge in [0.25, 0.3) is 0 Å². The van der Waals surface area contributed by atoms with E-state index in [1.807, 2.05) is 18.2 Å². The van der Waals surface area contributed by atoms with Gasteiger partial charge in [0.2, 0.25) is 0 Å². The molecule has 0 aliphatic rings. The van der Waals surface area contributed by atoms with Gasteiger partial charge in [-0.15, -0.1) is 0 Å². The quantitative estimate of drug-likeness (QED) is 0.817. The van der Waals surface area contributed by atoms with Crippen LogP contribution in [0.3, 0.4) is 0 Å². The average molecular weight is 271 g/mol. The lowest BCUT2D eigenvalue weighted by Gasteiger charge is -2.27. The van der Waals surface area contributed by atoms with Crippen molar-refractivity contribution in [2.45, 2.75) is 32.9 Å². The number of hydrogen-bond acceptors (Lipinski definition) is 1. The number of halogens is 1. The highest BCUT2D eigenvalue weighted by molar-refractivity contribution is 5.23. The van der Waals surface area contributed by atoms with Crippen molar-refractivity contribution in [1.82, 2.24) is 5.32 Å². The lowest BCUT2D eigenvalue weighted by molar-refractivity contribution is 0.374. The molecule has 2 aromatic rings. The van der Waals surface area contributed by atoms with Gasteiger partial charge in [-0.2, -0.15) is 0 Å². The molecule has 106 valence electrons. The molecular formula is C18H22FN. The van der Waals surface area contributed by atoms with Crippen LogP contribution in [0.4, 0.5) is 4.39 Å². The van der Waals surface area contributed by atoms with Crippen LogP contribution in [0, 0.1) is 11.7 Å². The fourth-order valence-corrected chi connectivity index (χ4v) is 2.45. The molecule has 1 N–H and O–H groups in total. The molecule has 0 spiro atoms. The van der Waals surface area contributed by atoms with Gasteiger partial charge in [0, 0.05) is 12.1 Å². The smallest absolute Gasteiger partial charge is 0.123 e. The number of hydrogen-bond donors (Lipinski definition) is 1. The molecule has 0 radical (unpaired) electrons. The molecule has 0 fully saturated rings. The molecule has 2 aromatic carbocycles. The largest absolute Gasteiger partial charge is 0.303 e. The van der Waals surface area contributed by atoms with E-state index in [0.29, 0.717) is 5.92 Å². The summed E-state index contributed by atoms with van der Waals surface area (Å²) in [5, 5.41) is 3.65. The molecule has 0 aromatic heterocycles. The third-order valence-electron chi connectivity index (χ3n) is 3.62. The van der Waals surface area contributed by atoms with Crippen LogP contribution in [0.15, 0.2) is 54.6 Å². The molecule has 0 bridgehead atoms. The Labute approximate surface area is 120 Å². The molecule has 0 aliphatic heterocycles. The second-order valence-electron chi connectivity index (χ2n) is 5.57. The maximum atomic E-state index is 13.0. The van der Waals surface area contributed by atoms with E-state index in [1.54, 1.807) is 0 Å². The van der Waals surface area contributed by atoms with Crippen molar-refractivity contribution in [1.29, 1.82) is 0 Å². The molecule has 0 heterocycles. The van der Waals surface area contributed by atoms with E-state index in [2.05, 4.69) is 50.4 Å². The number of benzene rings is 2. The van der Waals surface area contributed by atoms with Crippen LogP contribution in [0.25, 0.3) is 0 Å². The molecule has 0 amide bonds. The van der Waals surface area contributed by atoms with E-state index in [0.717, 1.165) is 5.56 Å². The molecule has 1 nitrogen and oxygen atoms in total. The second-order valence-corrected chi connectivity index (χ2v) is 5.57. The predicted molar refractivity (Wildman–Crippen MR) is 82.0 cm³/mol. The monoisotopic (exact) mass is 271 g/mol. The summed E-state index contributed by atoms with van der Waals surface area (Å²) in [5.74, 6) is 0.296. The molecule has 0 saturated carbocycles. The Kier molecular flexibility index (Phi) is 4.91. The topological polar surface area (TPSA) is 12.0 Å². The van der Waals surface area contributed by atoms with E-state index in [-0.39, 0.29) is 17.9 Å². The highest BCUT2D eigenvalue weighted by atomic mass is 19.1. The normalized spacial score (nSPS) is 14.2. The third-order valence-corrected chi connectivity index (χ3v) is 3.62. The van der Waals surface area contributed by atoms with Gasteiger partial charge in [-0.3, -0.25) is 0 Å². The molecule has 0 aliphatic carbocycles. The van der Waals surface area contributed by atoms with Crippen LogP contribution in [-0.4, -0.2) is 0 Å². The first-order valence-electron chi connectivity index (χ1n) is 7.14. The van der Waals surface area contributed by atoms with Crippen LogP contribution >= 0.6 is 0 Å². The molecule has 0 saturated heterocycles. The minimum atomic E-state index is -0.190. The fraction of sp³-hybridized carbons (Fsp3) is 0.333. The summed E-state index contributed by atoms with van der Waals surface area (Å²) in [6.07, 6.45) is 0. The van der Waals surface area contributed by atoms with Crippen LogP contribution in [0.1, 0.15) is 44.0 Å². The summed E-state index contributed by atoms with van der Waals surface area (Å²) in [4.78, 5) is 0. The summed E-state index contributed by atoms with van der Waals surface area (Å²) >= 11 is 0. The fourth-order valence-electron chi connectivity index (χ4n) is 2.45. The second kappa shape index (κ2) is 6.67. The van der Waals surface area contributed by atoms with Crippen molar-refractivity contribution >= 4 is 0 Å². The minimum absolute atomic E-state index is 0.184. The summed E-state index contributed by atoms with van der Waals surface area (Å²) < 4.78 is 13.0. The number of rotatable bonds is 5. The summed E-state index contributed by atoms with van der Waals surface area (Å²) in [6.45, 7) is 6.54. The Hall–Kier alpha value is -1.67. The Bertz CT molecular complexity index is 519. The van der Waals surface area contributed by atoms with Crippen LogP contribution in [0.2, 0.25) is 0 Å². The molecular weight excluding hydrogens is 249 g/mol. The molecule has 20 heavy (non-hydrogen) atoms. The maximum Gasteiger partial charge on any atom is 0.123 e. The van der Waals surface area contributed by atoms with Crippen molar-refractivity contribution in [2.24, 2.45) is 5.92 Å². The van der Waals surface area contributed by atoms with Gasteiger partial charge < -0.3 is 5.32 Å². The average Bonchev–Trinajstić information content (AvgIpc) is 2.46. The zero-order valence-electron chi connectivity index (χ0n) is 12.3. The van der Waals surface area contributed by atoms with Crippen LogP contribution in [0.5, 0.6) is 0 Å². The summed E-state index contributed by atoms with van der Waals surface area (Å²) in [6, 6.07) is 17.6. The first-order chi connectivity index (χ1) is 9.58. The molecule has 2 rings (SSSR count). The minimum Gasteiger partial charge on any atom is -0.303 e. The third kappa shape index (κ3) is 3.67. The SMILES string of the molecule is CC(C)C(N[C@H](C)c1ccc(F)cc1)c1ccccc1. The highest BCUT2D eigenvalue weighted by Crippen LogP contribution is 2.25. The Balaban J connectivity index is 2.14. The molecule has 2 heteroatoms. The zero-order chi connectivity index (χ0) is 14.5. The lowest BCUT2D eigenvalue weighted by Crippen LogP contribution is -2.28. The van der Waals surface area contributed by atoms with E-state index >= 15 is 0 Å². The van der Waals surface area contributed by atoms with Gasteiger partial charge >= 0.3 is 0 Å². The molecule has 1 unspecified atom stereocenters. The Morgan fingerprint density at radius 1 is 0.800 bits per heavy atom. The van der Waals surface area contributed by atoms with Gasteiger partial charge in [-0.25, -0.2) is 4.39 Å². The van der Waals surface area contributed by atoms with Crippen molar-refractivity contribution in [3.8, 4) is 0 Å². The van der Waals surface area contributed by atoms with E-state index in [4.69, 9.17) is 0 Å². The van der Waals surface area contributed by atoms with Gasteiger partial charge in [-0.05, 0) is 36.1 Å². The first-order valence-corrected chi connectivity index (χ1v) is 7.14. The highest BCUT2D eigenvalue weighted by Gasteiger charge is 2.18. The van der Waals surface area contributed by atoms with Crippen LogP contribution in [-0.2, 0) is 0 Å². The van der Waals surface area contributed by atoms with E-state index in [1.165, 1.54) is 17.7 Å². The van der Waals surface area contributed by atoms with Gasteiger partial charge in [-0.1, -0.05) is 56.3 Å². The standard InChI is InChI=1S/C18H22FN/c1-13(2)18(16-7-5-4-6-8-16)20-14(3)15-9-11-17(19)12-10-15/h4-14,18,20H,1-3H3/t14-,18?/m1/s1. The van der Waals surface area contributed by atoms with Gasteiger partial charge in [0.15, 0.2) is 0 Å². The van der Waals surface area contributed by atoms with E-state index < -0.39 is 0 Å². The maximum absolute atomic E-state index is 13.0. The Morgan fingerprint density at radius 2 is 1.40 bits per heavy atom. The van der Waals surface area contributed by atoms with Crippen molar-refractivity contribution in [3.05, 3.63) is 71.5 Å². The molecule has 2 atom stereocenters. The first kappa shape index (κ1) is 14.7. The van der Waals surface area contributed by atoms with E-state index in [9.17, 15) is 4.39 Å². The number of nitrogens with one attached hydrogen (secondary N) is 1. The van der Waals surface area contributed by atoms with Gasteiger partial charge in [0.1, 0.15) is 5.82 Å². The van der Waals surface area contributed by atoms with Gasteiger partial charge in [0.05, 0.1) is 0 Å². The lowest BCUT2D eigenvalue weighted by atomic mass is 9.94. The predicted octanol–water partition coefficient (Wildman–Crippen LogP) is 4.87. The summed E-state index contributed by atoms with van der Waals surface area (Å²) in [5.41, 5.74) is 2.39. The zero-order valence-corrected chi connectivity index (χ0v) is 12.3. The summed E-state index contributed by atoms with van der Waals surface area (Å²) in [7, 11) is 0. The van der Waals surface area contributed by atoms with Crippen molar-refractivity contribution in [2.75, 3.05) is 0 Å². The Morgan fingerprint density at radius 3 is 1.95 bits per heavy atom. The van der Waals surface area contributed by atoms with Crippen LogP contribution < -0.4 is 5.32 Å².